The molecule has 0 saturated heterocycles. The number of carbonyl (C=O) groups is 1. The van der Waals surface area contributed by atoms with E-state index >= 15 is 0 Å². The molecule has 0 radical (unpaired) electrons. The van der Waals surface area contributed by atoms with E-state index in [-0.39, 0.29) is 12.5 Å². The Morgan fingerprint density at radius 3 is 2.83 bits per heavy atom. The predicted octanol–water partition coefficient (Wildman–Crippen LogP) is -0.136. The molecule has 2 N–H and O–H groups in total. The Morgan fingerprint density at radius 2 is 2.28 bits per heavy atom. The molecule has 18 heavy (non-hydrogen) atoms. The summed E-state index contributed by atoms with van der Waals surface area (Å²) in [4.78, 5) is 13.8. The van der Waals surface area contributed by atoms with Gasteiger partial charge in [0.25, 0.3) is 5.91 Å². The average Bonchev–Trinajstić information content (AvgIpc) is 2.66. The summed E-state index contributed by atoms with van der Waals surface area (Å²) in [7, 11) is 3.75. The van der Waals surface area contributed by atoms with Crippen molar-refractivity contribution in [1.82, 2.24) is 20.0 Å². The molecule has 1 heterocycles. The lowest BCUT2D eigenvalue weighted by Crippen LogP contribution is -2.38. The van der Waals surface area contributed by atoms with E-state index in [1.807, 2.05) is 32.8 Å². The van der Waals surface area contributed by atoms with E-state index in [1.54, 1.807) is 10.7 Å². The third-order valence-corrected chi connectivity index (χ3v) is 2.51. The van der Waals surface area contributed by atoms with Crippen LogP contribution in [0.15, 0.2) is 6.07 Å². The van der Waals surface area contributed by atoms with E-state index in [1.165, 1.54) is 0 Å². The zero-order valence-corrected chi connectivity index (χ0v) is 11.5. The van der Waals surface area contributed by atoms with E-state index in [9.17, 15) is 9.90 Å². The lowest BCUT2D eigenvalue weighted by atomic mass is 10.3. The van der Waals surface area contributed by atoms with Gasteiger partial charge in [0.05, 0.1) is 11.8 Å². The summed E-state index contributed by atoms with van der Waals surface area (Å²) in [6.07, 6.45) is -0.567. The largest absolute Gasteiger partial charge is 0.390 e. The number of rotatable bonds is 6. The van der Waals surface area contributed by atoms with Gasteiger partial charge in [-0.1, -0.05) is 0 Å². The Balaban J connectivity index is 2.54. The molecule has 0 aliphatic heterocycles. The molecule has 0 saturated carbocycles. The van der Waals surface area contributed by atoms with Gasteiger partial charge in [-0.05, 0) is 34.0 Å². The third kappa shape index (κ3) is 4.12. The standard InChI is InChI=1S/C12H22N4O2/c1-5-16-11(6-9(2)14-16)12(18)13-7-10(17)8-15(3)4/h6,10,17H,5,7-8H2,1-4H3,(H,13,18). The fraction of sp³-hybridized carbons (Fsp3) is 0.667. The summed E-state index contributed by atoms with van der Waals surface area (Å²) in [5.74, 6) is -0.199. The Bertz CT molecular complexity index is 401. The molecule has 1 amide bonds. The summed E-state index contributed by atoms with van der Waals surface area (Å²) < 4.78 is 1.66. The highest BCUT2D eigenvalue weighted by molar-refractivity contribution is 5.92. The van der Waals surface area contributed by atoms with Crippen molar-refractivity contribution in [2.24, 2.45) is 0 Å². The number of aliphatic hydroxyl groups excluding tert-OH is 1. The maximum atomic E-state index is 11.9. The van der Waals surface area contributed by atoms with Crippen molar-refractivity contribution in [2.45, 2.75) is 26.5 Å². The summed E-state index contributed by atoms with van der Waals surface area (Å²) in [6, 6.07) is 1.75. The van der Waals surface area contributed by atoms with Crippen molar-refractivity contribution in [3.05, 3.63) is 17.5 Å². The third-order valence-electron chi connectivity index (χ3n) is 2.51. The molecular weight excluding hydrogens is 232 g/mol. The predicted molar refractivity (Wildman–Crippen MR) is 69.5 cm³/mol. The number of aryl methyl sites for hydroxylation is 2. The van der Waals surface area contributed by atoms with Crippen LogP contribution >= 0.6 is 0 Å². The first-order chi connectivity index (χ1) is 8.43. The first-order valence-corrected chi connectivity index (χ1v) is 6.09. The number of nitrogens with one attached hydrogen (secondary N) is 1. The molecule has 0 fully saturated rings. The van der Waals surface area contributed by atoms with E-state index < -0.39 is 6.10 Å². The zero-order chi connectivity index (χ0) is 13.7. The minimum atomic E-state index is -0.567. The van der Waals surface area contributed by atoms with Gasteiger partial charge in [0.2, 0.25) is 0 Å². The lowest BCUT2D eigenvalue weighted by Gasteiger charge is -2.16. The first kappa shape index (κ1) is 14.7. The van der Waals surface area contributed by atoms with Crippen LogP contribution in [0.25, 0.3) is 0 Å². The SMILES string of the molecule is CCn1nc(C)cc1C(=O)NCC(O)CN(C)C. The van der Waals surface area contributed by atoms with Crippen LogP contribution in [0.1, 0.15) is 23.1 Å². The maximum Gasteiger partial charge on any atom is 0.269 e. The van der Waals surface area contributed by atoms with Crippen LogP contribution in [-0.2, 0) is 6.54 Å². The van der Waals surface area contributed by atoms with Gasteiger partial charge in [-0.15, -0.1) is 0 Å². The molecule has 102 valence electrons. The van der Waals surface area contributed by atoms with Crippen molar-refractivity contribution < 1.29 is 9.90 Å². The van der Waals surface area contributed by atoms with Crippen LogP contribution in [0.5, 0.6) is 0 Å². The van der Waals surface area contributed by atoms with E-state index in [0.717, 1.165) is 5.69 Å². The Kier molecular flexibility index (Phi) is 5.30. The molecule has 0 aliphatic rings. The van der Waals surface area contributed by atoms with Crippen LogP contribution in [0.2, 0.25) is 0 Å². The molecule has 1 atom stereocenters. The molecule has 0 spiro atoms. The second kappa shape index (κ2) is 6.51. The van der Waals surface area contributed by atoms with E-state index in [0.29, 0.717) is 18.8 Å². The maximum absolute atomic E-state index is 11.9. The fourth-order valence-electron chi connectivity index (χ4n) is 1.76. The smallest absolute Gasteiger partial charge is 0.269 e. The molecule has 1 rings (SSSR count). The molecule has 6 heteroatoms. The minimum absolute atomic E-state index is 0.199. The summed E-state index contributed by atoms with van der Waals surface area (Å²) in [5.41, 5.74) is 1.35. The average molecular weight is 254 g/mol. The van der Waals surface area contributed by atoms with Gasteiger partial charge < -0.3 is 15.3 Å². The Labute approximate surface area is 108 Å². The van der Waals surface area contributed by atoms with E-state index in [2.05, 4.69) is 10.4 Å². The molecule has 0 aliphatic carbocycles. The van der Waals surface area contributed by atoms with Crippen molar-refractivity contribution in [3.8, 4) is 0 Å². The van der Waals surface area contributed by atoms with Gasteiger partial charge in [0, 0.05) is 19.6 Å². The molecule has 0 bridgehead atoms. The van der Waals surface area contributed by atoms with Gasteiger partial charge in [0.15, 0.2) is 0 Å². The number of nitrogens with zero attached hydrogens (tertiary/aromatic N) is 3. The minimum Gasteiger partial charge on any atom is -0.390 e. The van der Waals surface area contributed by atoms with Crippen LogP contribution in [-0.4, -0.2) is 59.0 Å². The Hall–Kier alpha value is -1.40. The zero-order valence-electron chi connectivity index (χ0n) is 11.5. The normalized spacial score (nSPS) is 12.8. The van der Waals surface area contributed by atoms with Gasteiger partial charge >= 0.3 is 0 Å². The van der Waals surface area contributed by atoms with Crippen LogP contribution < -0.4 is 5.32 Å². The van der Waals surface area contributed by atoms with Crippen LogP contribution in [0, 0.1) is 6.92 Å². The quantitative estimate of drug-likeness (QED) is 0.741. The van der Waals surface area contributed by atoms with Gasteiger partial charge in [0.1, 0.15) is 5.69 Å². The Morgan fingerprint density at radius 1 is 1.61 bits per heavy atom. The topological polar surface area (TPSA) is 70.4 Å². The van der Waals surface area contributed by atoms with Gasteiger partial charge in [-0.25, -0.2) is 0 Å². The number of hydrogen-bond acceptors (Lipinski definition) is 4. The second-order valence-electron chi connectivity index (χ2n) is 4.61. The fourth-order valence-corrected chi connectivity index (χ4v) is 1.76. The molecule has 1 aromatic rings. The number of aliphatic hydroxyl groups is 1. The number of amides is 1. The lowest BCUT2D eigenvalue weighted by molar-refractivity contribution is 0.0882. The number of likely N-dealkylation sites (N-methyl/N-ethyl adjacent to an activating group) is 1. The number of carbonyl (C=O) groups excluding carboxylic acids is 1. The summed E-state index contributed by atoms with van der Waals surface area (Å²) in [5, 5.41) is 16.6. The summed E-state index contributed by atoms with van der Waals surface area (Å²) in [6.45, 7) is 5.20. The van der Waals surface area contributed by atoms with Crippen molar-refractivity contribution >= 4 is 5.91 Å². The van der Waals surface area contributed by atoms with Crippen molar-refractivity contribution in [2.75, 3.05) is 27.2 Å². The number of hydrogen-bond donors (Lipinski definition) is 2. The first-order valence-electron chi connectivity index (χ1n) is 6.09. The molecular formula is C12H22N4O2. The molecule has 1 unspecified atom stereocenters. The molecule has 6 nitrogen and oxygen atoms in total. The van der Waals surface area contributed by atoms with Gasteiger partial charge in [-0.2, -0.15) is 5.10 Å². The van der Waals surface area contributed by atoms with Crippen LogP contribution in [0.3, 0.4) is 0 Å². The van der Waals surface area contributed by atoms with Gasteiger partial charge in [-0.3, -0.25) is 9.48 Å². The highest BCUT2D eigenvalue weighted by Crippen LogP contribution is 2.03. The van der Waals surface area contributed by atoms with Crippen molar-refractivity contribution in [1.29, 1.82) is 0 Å². The molecule has 0 aromatic carbocycles. The monoisotopic (exact) mass is 254 g/mol. The van der Waals surface area contributed by atoms with E-state index in [4.69, 9.17) is 0 Å². The highest BCUT2D eigenvalue weighted by atomic mass is 16.3. The molecule has 1 aromatic heterocycles. The van der Waals surface area contributed by atoms with Crippen LogP contribution in [0.4, 0.5) is 0 Å². The number of aromatic nitrogens is 2. The van der Waals surface area contributed by atoms with Crippen molar-refractivity contribution in [3.63, 3.8) is 0 Å². The summed E-state index contributed by atoms with van der Waals surface area (Å²) >= 11 is 0. The second-order valence-corrected chi connectivity index (χ2v) is 4.61. The highest BCUT2D eigenvalue weighted by Gasteiger charge is 2.14.